The minimum atomic E-state index is -1.10. The summed E-state index contributed by atoms with van der Waals surface area (Å²) in [5.41, 5.74) is -0.559. The molecule has 0 radical (unpaired) electrons. The molecular weight excluding hydrogens is 346 g/mol. The van der Waals surface area contributed by atoms with Crippen LogP contribution in [0.3, 0.4) is 0 Å². The molecule has 0 aliphatic heterocycles. The fourth-order valence-corrected chi connectivity index (χ4v) is 1.99. The van der Waals surface area contributed by atoms with E-state index in [1.54, 1.807) is 0 Å². The quantitative estimate of drug-likeness (QED) is 0.650. The first-order valence-electron chi connectivity index (χ1n) is 6.64. The van der Waals surface area contributed by atoms with Crippen molar-refractivity contribution in [1.82, 2.24) is 0 Å². The van der Waals surface area contributed by atoms with Crippen molar-refractivity contribution in [1.29, 1.82) is 0 Å². The summed E-state index contributed by atoms with van der Waals surface area (Å²) in [4.78, 5) is 22.0. The standard InChI is InChI=1S/C15H11ClF2N2O4/c1-8(15(21)19-13-6-9(17)2-4-12(13)18)24-14-5-3-10(20(22)23)7-11(14)16/h2-8H,1H3,(H,19,21). The van der Waals surface area contributed by atoms with Crippen molar-refractivity contribution in [3.63, 3.8) is 0 Å². The Bertz CT molecular complexity index is 801. The van der Waals surface area contributed by atoms with E-state index < -0.39 is 28.6 Å². The number of rotatable bonds is 5. The van der Waals surface area contributed by atoms with Crippen molar-refractivity contribution in [2.45, 2.75) is 13.0 Å². The van der Waals surface area contributed by atoms with Gasteiger partial charge in [-0.1, -0.05) is 11.6 Å². The van der Waals surface area contributed by atoms with Gasteiger partial charge < -0.3 is 10.1 Å². The lowest BCUT2D eigenvalue weighted by Gasteiger charge is -2.16. The van der Waals surface area contributed by atoms with Gasteiger partial charge in [-0.2, -0.15) is 0 Å². The van der Waals surface area contributed by atoms with E-state index in [0.717, 1.165) is 30.3 Å². The van der Waals surface area contributed by atoms with E-state index in [9.17, 15) is 23.7 Å². The summed E-state index contributed by atoms with van der Waals surface area (Å²) in [5, 5.41) is 12.8. The van der Waals surface area contributed by atoms with Crippen molar-refractivity contribution in [2.75, 3.05) is 5.32 Å². The van der Waals surface area contributed by atoms with E-state index >= 15 is 0 Å². The van der Waals surface area contributed by atoms with Gasteiger partial charge in [-0.15, -0.1) is 0 Å². The highest BCUT2D eigenvalue weighted by atomic mass is 35.5. The van der Waals surface area contributed by atoms with E-state index in [1.165, 1.54) is 13.0 Å². The van der Waals surface area contributed by atoms with Crippen LogP contribution in [-0.4, -0.2) is 16.9 Å². The lowest BCUT2D eigenvalue weighted by Crippen LogP contribution is -2.30. The lowest BCUT2D eigenvalue weighted by atomic mass is 10.2. The average molecular weight is 357 g/mol. The third-order valence-corrected chi connectivity index (χ3v) is 3.28. The van der Waals surface area contributed by atoms with Gasteiger partial charge in [-0.3, -0.25) is 14.9 Å². The molecule has 0 saturated heterocycles. The molecular formula is C15H11ClF2N2O4. The zero-order valence-electron chi connectivity index (χ0n) is 12.3. The number of carbonyl (C=O) groups excluding carboxylic acids is 1. The number of carbonyl (C=O) groups is 1. The molecule has 0 spiro atoms. The van der Waals surface area contributed by atoms with Crippen LogP contribution in [0.2, 0.25) is 5.02 Å². The molecule has 6 nitrogen and oxygen atoms in total. The number of nitrogens with zero attached hydrogens (tertiary/aromatic N) is 1. The van der Waals surface area contributed by atoms with Crippen LogP contribution >= 0.6 is 11.6 Å². The molecule has 0 aliphatic rings. The zero-order chi connectivity index (χ0) is 17.9. The minimum Gasteiger partial charge on any atom is -0.479 e. The highest BCUT2D eigenvalue weighted by molar-refractivity contribution is 6.32. The molecule has 0 heterocycles. The van der Waals surface area contributed by atoms with Crippen molar-refractivity contribution in [3.05, 3.63) is 63.2 Å². The van der Waals surface area contributed by atoms with E-state index in [-0.39, 0.29) is 22.1 Å². The molecule has 1 atom stereocenters. The summed E-state index contributed by atoms with van der Waals surface area (Å²) in [5.74, 6) is -2.21. The van der Waals surface area contributed by atoms with Crippen LogP contribution in [0, 0.1) is 21.7 Å². The molecule has 0 aromatic heterocycles. The van der Waals surface area contributed by atoms with E-state index in [1.807, 2.05) is 0 Å². The van der Waals surface area contributed by atoms with Gasteiger partial charge in [-0.05, 0) is 25.1 Å². The van der Waals surface area contributed by atoms with Gasteiger partial charge in [0.15, 0.2) is 6.10 Å². The highest BCUT2D eigenvalue weighted by Gasteiger charge is 2.19. The fourth-order valence-electron chi connectivity index (χ4n) is 1.77. The van der Waals surface area contributed by atoms with Crippen LogP contribution in [0.5, 0.6) is 5.75 Å². The van der Waals surface area contributed by atoms with Gasteiger partial charge >= 0.3 is 0 Å². The summed E-state index contributed by atoms with van der Waals surface area (Å²) in [6.07, 6.45) is -1.10. The predicted molar refractivity (Wildman–Crippen MR) is 83.2 cm³/mol. The first kappa shape index (κ1) is 17.6. The van der Waals surface area contributed by atoms with Gasteiger partial charge in [-0.25, -0.2) is 8.78 Å². The Balaban J connectivity index is 2.09. The number of ether oxygens (including phenoxy) is 1. The number of halogens is 3. The first-order valence-corrected chi connectivity index (χ1v) is 7.02. The molecule has 126 valence electrons. The number of non-ortho nitro benzene ring substituents is 1. The monoisotopic (exact) mass is 356 g/mol. The topological polar surface area (TPSA) is 81.5 Å². The summed E-state index contributed by atoms with van der Waals surface area (Å²) in [7, 11) is 0. The molecule has 0 saturated carbocycles. The van der Waals surface area contributed by atoms with Crippen LogP contribution in [0.15, 0.2) is 36.4 Å². The second kappa shape index (κ2) is 7.22. The Kier molecular flexibility index (Phi) is 5.30. The van der Waals surface area contributed by atoms with Crippen molar-refractivity contribution in [3.8, 4) is 5.75 Å². The number of hydrogen-bond donors (Lipinski definition) is 1. The molecule has 2 rings (SSSR count). The zero-order valence-corrected chi connectivity index (χ0v) is 13.0. The van der Waals surface area contributed by atoms with Crippen LogP contribution in [-0.2, 0) is 4.79 Å². The number of hydrogen-bond acceptors (Lipinski definition) is 4. The van der Waals surface area contributed by atoms with Gasteiger partial charge in [0.1, 0.15) is 17.4 Å². The SMILES string of the molecule is CC(Oc1ccc([N+](=O)[O-])cc1Cl)C(=O)Nc1cc(F)ccc1F. The van der Waals surface area contributed by atoms with Crippen molar-refractivity contribution >= 4 is 28.9 Å². The van der Waals surface area contributed by atoms with Crippen LogP contribution in [0.1, 0.15) is 6.92 Å². The number of nitro benzene ring substituents is 1. The largest absolute Gasteiger partial charge is 0.479 e. The molecule has 0 fully saturated rings. The molecule has 2 aromatic rings. The van der Waals surface area contributed by atoms with Crippen molar-refractivity contribution in [2.24, 2.45) is 0 Å². The maximum atomic E-state index is 13.5. The second-order valence-corrected chi connectivity index (χ2v) is 5.15. The van der Waals surface area contributed by atoms with Gasteiger partial charge in [0.05, 0.1) is 15.6 Å². The average Bonchev–Trinajstić information content (AvgIpc) is 2.52. The Labute approximate surface area is 140 Å². The Morgan fingerprint density at radius 2 is 2.00 bits per heavy atom. The normalized spacial score (nSPS) is 11.7. The molecule has 0 aliphatic carbocycles. The minimum absolute atomic E-state index is 0.0460. The predicted octanol–water partition coefficient (Wildman–Crippen LogP) is 3.93. The van der Waals surface area contributed by atoms with Crippen LogP contribution in [0.4, 0.5) is 20.2 Å². The fraction of sp³-hybridized carbons (Fsp3) is 0.133. The highest BCUT2D eigenvalue weighted by Crippen LogP contribution is 2.29. The summed E-state index contributed by atoms with van der Waals surface area (Å²) in [6, 6.07) is 6.11. The first-order chi connectivity index (χ1) is 11.3. The van der Waals surface area contributed by atoms with Gasteiger partial charge in [0.2, 0.25) is 0 Å². The van der Waals surface area contributed by atoms with Crippen LogP contribution < -0.4 is 10.1 Å². The Morgan fingerprint density at radius 1 is 1.29 bits per heavy atom. The molecule has 24 heavy (non-hydrogen) atoms. The number of anilines is 1. The number of nitrogens with one attached hydrogen (secondary N) is 1. The summed E-state index contributed by atoms with van der Waals surface area (Å²) >= 11 is 5.86. The second-order valence-electron chi connectivity index (χ2n) is 4.75. The third-order valence-electron chi connectivity index (χ3n) is 2.99. The lowest BCUT2D eigenvalue weighted by molar-refractivity contribution is -0.384. The van der Waals surface area contributed by atoms with Crippen LogP contribution in [0.25, 0.3) is 0 Å². The smallest absolute Gasteiger partial charge is 0.271 e. The maximum absolute atomic E-state index is 13.5. The number of amides is 1. The van der Waals surface area contributed by atoms with Crippen molar-refractivity contribution < 1.29 is 23.2 Å². The van der Waals surface area contributed by atoms with Gasteiger partial charge in [0.25, 0.3) is 11.6 Å². The molecule has 9 heteroatoms. The van der Waals surface area contributed by atoms with E-state index in [0.29, 0.717) is 0 Å². The Morgan fingerprint density at radius 3 is 2.62 bits per heavy atom. The summed E-state index contributed by atoms with van der Waals surface area (Å²) in [6.45, 7) is 1.37. The molecule has 0 bridgehead atoms. The van der Waals surface area contributed by atoms with Gasteiger partial charge in [0, 0.05) is 18.2 Å². The Hall–Kier alpha value is -2.74. The number of nitro groups is 1. The molecule has 1 N–H and O–H groups in total. The maximum Gasteiger partial charge on any atom is 0.271 e. The number of benzene rings is 2. The molecule has 1 unspecified atom stereocenters. The molecule has 1 amide bonds. The van der Waals surface area contributed by atoms with E-state index in [2.05, 4.69) is 5.32 Å². The summed E-state index contributed by atoms with van der Waals surface area (Å²) < 4.78 is 31.9. The van der Waals surface area contributed by atoms with E-state index in [4.69, 9.17) is 16.3 Å². The molecule has 2 aromatic carbocycles. The third kappa shape index (κ3) is 4.17.